The van der Waals surface area contributed by atoms with Crippen LogP contribution in [-0.4, -0.2) is 44.0 Å². The molecule has 0 aliphatic carbocycles. The zero-order chi connectivity index (χ0) is 19.8. The Kier molecular flexibility index (Phi) is 7.31. The van der Waals surface area contributed by atoms with Gasteiger partial charge in [-0.1, -0.05) is 37.2 Å². The number of para-hydroxylation sites is 1. The fourth-order valence-corrected chi connectivity index (χ4v) is 3.12. The Balaban J connectivity index is 1.65. The number of nitrogens with zero attached hydrogens (tertiary/aromatic N) is 3. The minimum absolute atomic E-state index is 0.357. The van der Waals surface area contributed by atoms with Crippen LogP contribution in [0, 0.1) is 0 Å². The Morgan fingerprint density at radius 3 is 2.71 bits per heavy atom. The van der Waals surface area contributed by atoms with Crippen molar-refractivity contribution in [3.8, 4) is 0 Å². The Hall–Kier alpha value is -2.54. The summed E-state index contributed by atoms with van der Waals surface area (Å²) in [6, 6.07) is 10.4. The summed E-state index contributed by atoms with van der Waals surface area (Å²) in [6.45, 7) is 11.6. The molecular weight excluding hydrogens is 354 g/mol. The quantitative estimate of drug-likeness (QED) is 0.564. The average molecular weight is 386 g/mol. The second-order valence-electron chi connectivity index (χ2n) is 7.15. The highest BCUT2D eigenvalue weighted by molar-refractivity contribution is 5.79. The molecule has 28 heavy (non-hydrogen) atoms. The molecule has 1 aromatic carbocycles. The van der Waals surface area contributed by atoms with Gasteiger partial charge in [0.25, 0.3) is 0 Å². The van der Waals surface area contributed by atoms with Crippen molar-refractivity contribution in [2.75, 3.05) is 37.7 Å². The fraction of sp³-hybridized carbons (Fsp3) is 0.524. The number of morpholine rings is 1. The molecule has 7 nitrogen and oxygen atoms in total. The third kappa shape index (κ3) is 5.48. The van der Waals surface area contributed by atoms with Crippen LogP contribution in [0.4, 0.5) is 5.69 Å². The van der Waals surface area contributed by atoms with Crippen LogP contribution >= 0.6 is 0 Å². The van der Waals surface area contributed by atoms with E-state index in [1.165, 1.54) is 11.3 Å². The molecule has 7 heteroatoms. The number of ether oxygens (including phenoxy) is 1. The Bertz CT molecular complexity index is 766. The van der Waals surface area contributed by atoms with E-state index in [4.69, 9.17) is 14.3 Å². The number of benzene rings is 1. The lowest BCUT2D eigenvalue weighted by atomic mass is 10.1. The highest BCUT2D eigenvalue weighted by Gasteiger charge is 2.14. The topological polar surface area (TPSA) is 74.9 Å². The van der Waals surface area contributed by atoms with Crippen LogP contribution in [0.25, 0.3) is 0 Å². The average Bonchev–Trinajstić information content (AvgIpc) is 3.20. The minimum Gasteiger partial charge on any atom is -0.378 e. The van der Waals surface area contributed by atoms with Crippen LogP contribution in [0.3, 0.4) is 0 Å². The van der Waals surface area contributed by atoms with Crippen molar-refractivity contribution >= 4 is 11.6 Å². The predicted molar refractivity (Wildman–Crippen MR) is 112 cm³/mol. The van der Waals surface area contributed by atoms with E-state index < -0.39 is 0 Å². The number of rotatable bonds is 7. The molecule has 2 N–H and O–H groups in total. The van der Waals surface area contributed by atoms with E-state index in [9.17, 15) is 0 Å². The highest BCUT2D eigenvalue weighted by Crippen LogP contribution is 2.22. The van der Waals surface area contributed by atoms with Gasteiger partial charge in [0.05, 0.1) is 32.0 Å². The summed E-state index contributed by atoms with van der Waals surface area (Å²) in [5.41, 5.74) is 3.42. The van der Waals surface area contributed by atoms with Crippen LogP contribution in [0.5, 0.6) is 0 Å². The Labute approximate surface area is 167 Å². The summed E-state index contributed by atoms with van der Waals surface area (Å²) in [4.78, 5) is 7.14. The van der Waals surface area contributed by atoms with E-state index in [1.807, 2.05) is 6.07 Å². The van der Waals surface area contributed by atoms with Crippen molar-refractivity contribution < 1.29 is 9.26 Å². The van der Waals surface area contributed by atoms with Gasteiger partial charge in [-0.3, -0.25) is 0 Å². The SMILES string of the molecule is CCNC(=NCc1ccccc1N1CCOCC1)NCc1cc(C(C)C)no1. The summed E-state index contributed by atoms with van der Waals surface area (Å²) in [5.74, 6) is 1.93. The maximum Gasteiger partial charge on any atom is 0.191 e. The van der Waals surface area contributed by atoms with E-state index in [0.29, 0.717) is 19.0 Å². The van der Waals surface area contributed by atoms with Gasteiger partial charge in [0.15, 0.2) is 11.7 Å². The van der Waals surface area contributed by atoms with Crippen molar-refractivity contribution in [3.05, 3.63) is 47.3 Å². The van der Waals surface area contributed by atoms with Crippen LogP contribution in [0.15, 0.2) is 39.8 Å². The van der Waals surface area contributed by atoms with Crippen LogP contribution < -0.4 is 15.5 Å². The van der Waals surface area contributed by atoms with E-state index in [-0.39, 0.29) is 0 Å². The predicted octanol–water partition coefficient (Wildman–Crippen LogP) is 2.89. The fourth-order valence-electron chi connectivity index (χ4n) is 3.12. The monoisotopic (exact) mass is 385 g/mol. The molecule has 0 saturated carbocycles. The van der Waals surface area contributed by atoms with E-state index in [2.05, 4.69) is 65.7 Å². The molecule has 3 rings (SSSR count). The molecule has 0 atom stereocenters. The number of guanidine groups is 1. The molecule has 0 amide bonds. The van der Waals surface area contributed by atoms with Crippen molar-refractivity contribution in [1.29, 1.82) is 0 Å². The van der Waals surface area contributed by atoms with Crippen LogP contribution in [0.1, 0.15) is 43.7 Å². The second-order valence-corrected chi connectivity index (χ2v) is 7.15. The molecule has 2 heterocycles. The molecule has 152 valence electrons. The lowest BCUT2D eigenvalue weighted by Crippen LogP contribution is -2.37. The summed E-state index contributed by atoms with van der Waals surface area (Å²) >= 11 is 0. The molecule has 1 aliphatic heterocycles. The first-order chi connectivity index (χ1) is 13.7. The van der Waals surface area contributed by atoms with E-state index in [1.54, 1.807) is 0 Å². The van der Waals surface area contributed by atoms with Crippen molar-refractivity contribution in [2.45, 2.75) is 39.8 Å². The maximum atomic E-state index is 5.48. The molecule has 0 bridgehead atoms. The molecule has 2 aromatic rings. The van der Waals surface area contributed by atoms with Gasteiger partial charge >= 0.3 is 0 Å². The summed E-state index contributed by atoms with van der Waals surface area (Å²) in [6.07, 6.45) is 0. The van der Waals surface area contributed by atoms with Gasteiger partial charge in [0.2, 0.25) is 0 Å². The Morgan fingerprint density at radius 1 is 1.21 bits per heavy atom. The van der Waals surface area contributed by atoms with Crippen LogP contribution in [0.2, 0.25) is 0 Å². The normalized spacial score (nSPS) is 15.1. The smallest absolute Gasteiger partial charge is 0.191 e. The first-order valence-electron chi connectivity index (χ1n) is 10.1. The van der Waals surface area contributed by atoms with Crippen molar-refractivity contribution in [2.24, 2.45) is 4.99 Å². The third-order valence-electron chi connectivity index (χ3n) is 4.69. The third-order valence-corrected chi connectivity index (χ3v) is 4.69. The van der Waals surface area contributed by atoms with Crippen molar-refractivity contribution in [3.63, 3.8) is 0 Å². The first-order valence-corrected chi connectivity index (χ1v) is 10.1. The van der Waals surface area contributed by atoms with Gasteiger partial charge in [0.1, 0.15) is 0 Å². The molecule has 1 fully saturated rings. The zero-order valence-electron chi connectivity index (χ0n) is 17.1. The summed E-state index contributed by atoms with van der Waals surface area (Å²) in [5, 5.41) is 10.7. The molecule has 1 saturated heterocycles. The van der Waals surface area contributed by atoms with Gasteiger partial charge in [-0.05, 0) is 24.5 Å². The number of nitrogens with one attached hydrogen (secondary N) is 2. The molecule has 0 spiro atoms. The van der Waals surface area contributed by atoms with Gasteiger partial charge in [0, 0.05) is 31.4 Å². The van der Waals surface area contributed by atoms with Crippen molar-refractivity contribution in [1.82, 2.24) is 15.8 Å². The number of anilines is 1. The maximum absolute atomic E-state index is 5.48. The Morgan fingerprint density at radius 2 is 2.00 bits per heavy atom. The molecular formula is C21H31N5O2. The van der Waals surface area contributed by atoms with E-state index in [0.717, 1.165) is 50.3 Å². The number of hydrogen-bond acceptors (Lipinski definition) is 5. The molecule has 1 aromatic heterocycles. The molecule has 0 unspecified atom stereocenters. The lowest BCUT2D eigenvalue weighted by molar-refractivity contribution is 0.122. The lowest BCUT2D eigenvalue weighted by Gasteiger charge is -2.30. The van der Waals surface area contributed by atoms with Gasteiger partial charge in [-0.2, -0.15) is 0 Å². The largest absolute Gasteiger partial charge is 0.378 e. The second kappa shape index (κ2) is 10.1. The first kappa shape index (κ1) is 20.2. The highest BCUT2D eigenvalue weighted by atomic mass is 16.5. The molecule has 0 radical (unpaired) electrons. The van der Waals surface area contributed by atoms with Gasteiger partial charge < -0.3 is 24.8 Å². The van der Waals surface area contributed by atoms with Gasteiger partial charge in [-0.15, -0.1) is 0 Å². The zero-order valence-corrected chi connectivity index (χ0v) is 17.1. The van der Waals surface area contributed by atoms with E-state index >= 15 is 0 Å². The standard InChI is InChI=1S/C21H31N5O2/c1-4-22-21(24-15-18-13-19(16(2)3)25-28-18)23-14-17-7-5-6-8-20(17)26-9-11-27-12-10-26/h5-8,13,16H,4,9-12,14-15H2,1-3H3,(H2,22,23,24). The minimum atomic E-state index is 0.357. The number of aromatic nitrogens is 1. The molecule has 1 aliphatic rings. The summed E-state index contributed by atoms with van der Waals surface area (Å²) < 4.78 is 10.9. The van der Waals surface area contributed by atoms with Crippen LogP contribution in [-0.2, 0) is 17.8 Å². The van der Waals surface area contributed by atoms with Gasteiger partial charge in [-0.25, -0.2) is 4.99 Å². The number of aliphatic imine (C=N–C) groups is 1. The summed E-state index contributed by atoms with van der Waals surface area (Å²) in [7, 11) is 0. The number of hydrogen-bond donors (Lipinski definition) is 2.